The Morgan fingerprint density at radius 2 is 1.34 bits per heavy atom. The first kappa shape index (κ1) is 29.9. The zero-order valence-corrected chi connectivity index (χ0v) is 34.6. The number of hydrogen-bond acceptors (Lipinski definition) is 3. The Bertz CT molecular complexity index is 3180. The Labute approximate surface area is 355 Å². The molecule has 0 saturated heterocycles. The maximum Gasteiger partial charge on any atom is 0.149 e. The zero-order valence-electron chi connectivity index (χ0n) is 42.6. The molecule has 0 aliphatic heterocycles. The average Bonchev–Trinajstić information content (AvgIpc) is 3.66. The molecule has 290 valence electrons. The molecular formula is C54H53N3O. The van der Waals surface area contributed by atoms with E-state index in [1.54, 1.807) is 37.6 Å². The zero-order chi connectivity index (χ0) is 47.8. The lowest BCUT2D eigenvalue weighted by Crippen LogP contribution is -2.11. The van der Waals surface area contributed by atoms with Crippen molar-refractivity contribution in [3.8, 4) is 67.5 Å². The SMILES string of the molecule is [2H]c1c([2H])c([2H])c(-c2ccnc(-c3cc(-c4cccc5c4nc(-c4cc(C)cc(C)c4OC)n5-c4ccc(C([2H])([2H])[2H])cc4-c4ccc(C(C)(C)C)cc4)cc(C(C)(C)C)c3)c2)c([2H])c1[2H]. The van der Waals surface area contributed by atoms with E-state index >= 15 is 0 Å². The fraction of sp³-hybridized carbons (Fsp3) is 0.222. The number of para-hydroxylation sites is 1. The van der Waals surface area contributed by atoms with Crippen molar-refractivity contribution in [2.75, 3.05) is 7.11 Å². The second kappa shape index (κ2) is 14.9. The maximum atomic E-state index is 8.68. The molecule has 58 heavy (non-hydrogen) atoms. The van der Waals surface area contributed by atoms with Gasteiger partial charge in [0.15, 0.2) is 0 Å². The molecule has 4 nitrogen and oxygen atoms in total. The molecular weight excluding hydrogens is 707 g/mol. The van der Waals surface area contributed by atoms with Crippen LogP contribution >= 0.6 is 0 Å². The lowest BCUT2D eigenvalue weighted by atomic mass is 9.83. The predicted molar refractivity (Wildman–Crippen MR) is 244 cm³/mol. The lowest BCUT2D eigenvalue weighted by Gasteiger charge is -2.22. The predicted octanol–water partition coefficient (Wildman–Crippen LogP) is 14.3. The van der Waals surface area contributed by atoms with Gasteiger partial charge in [0.2, 0.25) is 0 Å². The first-order valence-electron chi connectivity index (χ1n) is 23.6. The highest BCUT2D eigenvalue weighted by molar-refractivity contribution is 5.98. The van der Waals surface area contributed by atoms with Crippen LogP contribution in [-0.4, -0.2) is 21.6 Å². The highest BCUT2D eigenvalue weighted by atomic mass is 16.5. The summed E-state index contributed by atoms with van der Waals surface area (Å²) in [7, 11) is 1.66. The average molecular weight is 768 g/mol. The largest absolute Gasteiger partial charge is 0.496 e. The summed E-state index contributed by atoms with van der Waals surface area (Å²) in [6.45, 7) is 14.6. The topological polar surface area (TPSA) is 39.9 Å². The number of hydrogen-bond donors (Lipinski definition) is 0. The number of nitrogens with zero attached hydrogens (tertiary/aromatic N) is 3. The van der Waals surface area contributed by atoms with Gasteiger partial charge in [-0.25, -0.2) is 4.98 Å². The number of fused-ring (bicyclic) bond motifs is 1. The van der Waals surface area contributed by atoms with Crippen LogP contribution in [0.25, 0.3) is 72.7 Å². The molecule has 0 atom stereocenters. The summed E-state index contributed by atoms with van der Waals surface area (Å²) >= 11 is 0. The number of aromatic nitrogens is 3. The third-order valence-corrected chi connectivity index (χ3v) is 10.8. The third kappa shape index (κ3) is 7.36. The summed E-state index contributed by atoms with van der Waals surface area (Å²) in [4.78, 5) is 10.3. The molecule has 0 radical (unpaired) electrons. The van der Waals surface area contributed by atoms with Gasteiger partial charge >= 0.3 is 0 Å². The van der Waals surface area contributed by atoms with Crippen LogP contribution in [0.5, 0.6) is 5.75 Å². The summed E-state index contributed by atoms with van der Waals surface area (Å²) in [6, 6.07) is 31.9. The van der Waals surface area contributed by atoms with E-state index in [0.29, 0.717) is 28.3 Å². The van der Waals surface area contributed by atoms with Crippen molar-refractivity contribution in [3.05, 3.63) is 167 Å². The van der Waals surface area contributed by atoms with Gasteiger partial charge in [0, 0.05) is 27.0 Å². The molecule has 0 amide bonds. The summed E-state index contributed by atoms with van der Waals surface area (Å²) in [5, 5.41) is 0. The van der Waals surface area contributed by atoms with Crippen LogP contribution in [0.15, 0.2) is 140 Å². The molecule has 0 fully saturated rings. The second-order valence-corrected chi connectivity index (χ2v) is 17.1. The van der Waals surface area contributed by atoms with Crippen LogP contribution in [-0.2, 0) is 10.8 Å². The van der Waals surface area contributed by atoms with Gasteiger partial charge in [0.1, 0.15) is 11.6 Å². The van der Waals surface area contributed by atoms with Crippen LogP contribution in [0.1, 0.15) is 80.3 Å². The Balaban J connectivity index is 1.42. The number of benzene rings is 6. The van der Waals surface area contributed by atoms with Crippen LogP contribution in [0, 0.1) is 20.7 Å². The second-order valence-electron chi connectivity index (χ2n) is 17.1. The maximum absolute atomic E-state index is 8.68. The van der Waals surface area contributed by atoms with Gasteiger partial charge in [-0.1, -0.05) is 132 Å². The Morgan fingerprint density at radius 1 is 0.621 bits per heavy atom. The molecule has 2 heterocycles. The first-order valence-corrected chi connectivity index (χ1v) is 19.6. The van der Waals surface area contributed by atoms with E-state index in [0.717, 1.165) is 66.8 Å². The van der Waals surface area contributed by atoms with E-state index in [1.165, 1.54) is 0 Å². The van der Waals surface area contributed by atoms with E-state index in [9.17, 15) is 0 Å². The normalized spacial score (nSPS) is 14.2. The summed E-state index contributed by atoms with van der Waals surface area (Å²) in [5.41, 5.74) is 12.3. The Morgan fingerprint density at radius 3 is 2.05 bits per heavy atom. The van der Waals surface area contributed by atoms with E-state index in [2.05, 4.69) is 101 Å². The smallest absolute Gasteiger partial charge is 0.149 e. The quantitative estimate of drug-likeness (QED) is 0.162. The Hall–Kier alpha value is -6.26. The van der Waals surface area contributed by atoms with Gasteiger partial charge < -0.3 is 4.74 Å². The van der Waals surface area contributed by atoms with Crippen molar-refractivity contribution in [1.82, 2.24) is 14.5 Å². The number of aryl methyl sites for hydroxylation is 3. The van der Waals surface area contributed by atoms with Crippen LogP contribution in [0.2, 0.25) is 0 Å². The first-order chi connectivity index (χ1) is 31.0. The van der Waals surface area contributed by atoms with Crippen molar-refractivity contribution in [3.63, 3.8) is 0 Å². The van der Waals surface area contributed by atoms with Crippen LogP contribution in [0.3, 0.4) is 0 Å². The lowest BCUT2D eigenvalue weighted by molar-refractivity contribution is 0.413. The number of ether oxygens (including phenoxy) is 1. The van der Waals surface area contributed by atoms with Crippen molar-refractivity contribution in [2.24, 2.45) is 0 Å². The molecule has 4 heteroatoms. The molecule has 0 unspecified atom stereocenters. The number of methoxy groups -OCH3 is 1. The molecule has 6 aromatic carbocycles. The van der Waals surface area contributed by atoms with Crippen molar-refractivity contribution in [1.29, 1.82) is 0 Å². The van der Waals surface area contributed by atoms with E-state index in [-0.39, 0.29) is 34.0 Å². The van der Waals surface area contributed by atoms with E-state index in [1.807, 2.05) is 38.1 Å². The van der Waals surface area contributed by atoms with Gasteiger partial charge in [-0.2, -0.15) is 0 Å². The molecule has 2 aromatic heterocycles. The highest BCUT2D eigenvalue weighted by Crippen LogP contribution is 2.43. The molecule has 8 aromatic rings. The van der Waals surface area contributed by atoms with Crippen molar-refractivity contribution in [2.45, 2.75) is 73.1 Å². The number of imidazole rings is 1. The molecule has 8 rings (SSSR count). The monoisotopic (exact) mass is 767 g/mol. The highest BCUT2D eigenvalue weighted by Gasteiger charge is 2.25. The fourth-order valence-corrected chi connectivity index (χ4v) is 7.76. The fourth-order valence-electron chi connectivity index (χ4n) is 7.76. The van der Waals surface area contributed by atoms with Gasteiger partial charge in [-0.05, 0) is 125 Å². The molecule has 0 spiro atoms. The van der Waals surface area contributed by atoms with Gasteiger partial charge in [-0.15, -0.1) is 0 Å². The Kier molecular flexibility index (Phi) is 7.69. The summed E-state index contributed by atoms with van der Waals surface area (Å²) < 4.78 is 75.6. The molecule has 0 aliphatic rings. The molecule has 0 N–H and O–H groups in total. The van der Waals surface area contributed by atoms with Crippen LogP contribution in [0.4, 0.5) is 0 Å². The standard InChI is InChI=1S/C54H53N3O/c1-34-19-24-48(45(28-34)38-20-22-42(23-21-38)53(4,5)6)57-49-18-14-17-44(50(49)56-52(57)46-29-35(2)27-36(3)51(46)58-10)40-30-41(32-43(31-40)54(7,8)9)47-33-39(25-26-55-47)37-15-12-11-13-16-37/h11-33H,1-10H3/i1D3,11D,12D,13D,15D,16D. The molecule has 0 bridgehead atoms. The van der Waals surface area contributed by atoms with Gasteiger partial charge in [0.05, 0.1) is 41.9 Å². The van der Waals surface area contributed by atoms with E-state index in [4.69, 9.17) is 25.7 Å². The molecule has 0 aliphatic carbocycles. The minimum Gasteiger partial charge on any atom is -0.496 e. The summed E-state index contributed by atoms with van der Waals surface area (Å²) in [6.07, 6.45) is 1.60. The minimum atomic E-state index is -2.35. The number of rotatable bonds is 7. The minimum absolute atomic E-state index is 0.0844. The van der Waals surface area contributed by atoms with Gasteiger partial charge in [0.25, 0.3) is 0 Å². The molecule has 0 saturated carbocycles. The summed E-state index contributed by atoms with van der Waals surface area (Å²) in [5.74, 6) is 1.30. The van der Waals surface area contributed by atoms with Crippen LogP contribution < -0.4 is 4.74 Å². The third-order valence-electron chi connectivity index (χ3n) is 10.8. The van der Waals surface area contributed by atoms with Crippen molar-refractivity contribution >= 4 is 11.0 Å². The van der Waals surface area contributed by atoms with E-state index < -0.39 is 25.0 Å². The van der Waals surface area contributed by atoms with Gasteiger partial charge in [-0.3, -0.25) is 9.55 Å². The number of pyridine rings is 1. The van der Waals surface area contributed by atoms with Crippen molar-refractivity contribution < 1.29 is 15.7 Å².